The van der Waals surface area contributed by atoms with Crippen LogP contribution in [0.15, 0.2) is 18.2 Å². The van der Waals surface area contributed by atoms with Crippen LogP contribution in [0.3, 0.4) is 0 Å². The molecule has 1 rings (SSSR count). The van der Waals surface area contributed by atoms with Crippen molar-refractivity contribution in [3.05, 3.63) is 29.3 Å². The number of ether oxygens (including phenoxy) is 1. The number of thioether (sulfide) groups is 1. The Kier molecular flexibility index (Phi) is 5.17. The Balaban J connectivity index is 2.45. The van der Waals surface area contributed by atoms with Crippen molar-refractivity contribution in [2.45, 2.75) is 20.0 Å². The zero-order chi connectivity index (χ0) is 12.0. The SMILES string of the molecule is Cc1ccc(OCC(O)CSC#N)c(C)c1. The molecule has 0 aromatic heterocycles. The minimum absolute atomic E-state index is 0.221. The molecule has 0 amide bonds. The van der Waals surface area contributed by atoms with Crippen LogP contribution in [-0.2, 0) is 0 Å². The second-order valence-electron chi connectivity index (χ2n) is 3.64. The summed E-state index contributed by atoms with van der Waals surface area (Å²) in [4.78, 5) is 0. The van der Waals surface area contributed by atoms with Crippen molar-refractivity contribution in [2.24, 2.45) is 0 Å². The van der Waals surface area contributed by atoms with Crippen LogP contribution in [-0.4, -0.2) is 23.6 Å². The van der Waals surface area contributed by atoms with E-state index in [1.807, 2.05) is 37.4 Å². The second kappa shape index (κ2) is 6.41. The Morgan fingerprint density at radius 3 is 2.88 bits per heavy atom. The molecule has 0 bridgehead atoms. The predicted octanol–water partition coefficient (Wildman–Crippen LogP) is 2.26. The summed E-state index contributed by atoms with van der Waals surface area (Å²) in [6.07, 6.45) is -0.606. The van der Waals surface area contributed by atoms with Gasteiger partial charge in [-0.15, -0.1) is 0 Å². The molecule has 0 saturated carbocycles. The average molecular weight is 237 g/mol. The number of nitriles is 1. The van der Waals surface area contributed by atoms with E-state index in [4.69, 9.17) is 10.00 Å². The molecule has 0 saturated heterocycles. The Morgan fingerprint density at radius 2 is 2.25 bits per heavy atom. The van der Waals surface area contributed by atoms with Crippen LogP contribution >= 0.6 is 11.8 Å². The van der Waals surface area contributed by atoms with Crippen LogP contribution < -0.4 is 4.74 Å². The number of nitrogens with zero attached hydrogens (tertiary/aromatic N) is 1. The van der Waals surface area contributed by atoms with Crippen molar-refractivity contribution in [3.63, 3.8) is 0 Å². The highest BCUT2D eigenvalue weighted by molar-refractivity contribution is 8.03. The number of hydrogen-bond donors (Lipinski definition) is 1. The Labute approximate surface area is 100 Å². The van der Waals surface area contributed by atoms with E-state index in [2.05, 4.69) is 0 Å². The maximum atomic E-state index is 9.49. The number of hydrogen-bond acceptors (Lipinski definition) is 4. The third-order valence-electron chi connectivity index (χ3n) is 2.10. The molecular weight excluding hydrogens is 222 g/mol. The molecular formula is C12H15NO2S. The van der Waals surface area contributed by atoms with Crippen LogP contribution in [0.2, 0.25) is 0 Å². The fourth-order valence-corrected chi connectivity index (χ4v) is 1.69. The van der Waals surface area contributed by atoms with Crippen molar-refractivity contribution in [1.29, 1.82) is 5.26 Å². The van der Waals surface area contributed by atoms with Crippen molar-refractivity contribution in [2.75, 3.05) is 12.4 Å². The topological polar surface area (TPSA) is 53.2 Å². The lowest BCUT2D eigenvalue weighted by Gasteiger charge is -2.12. The molecule has 0 aliphatic heterocycles. The summed E-state index contributed by atoms with van der Waals surface area (Å²) < 4.78 is 5.48. The van der Waals surface area contributed by atoms with E-state index in [-0.39, 0.29) is 6.61 Å². The Morgan fingerprint density at radius 1 is 1.50 bits per heavy atom. The molecule has 0 aliphatic rings. The normalized spacial score (nSPS) is 11.9. The largest absolute Gasteiger partial charge is 0.491 e. The van der Waals surface area contributed by atoms with E-state index in [1.54, 1.807) is 0 Å². The van der Waals surface area contributed by atoms with Crippen molar-refractivity contribution >= 4 is 11.8 Å². The molecule has 1 aromatic carbocycles. The molecule has 86 valence electrons. The van der Waals surface area contributed by atoms with E-state index >= 15 is 0 Å². The summed E-state index contributed by atoms with van der Waals surface area (Å²) in [6.45, 7) is 4.21. The van der Waals surface area contributed by atoms with Gasteiger partial charge in [0.2, 0.25) is 0 Å². The van der Waals surface area contributed by atoms with E-state index in [9.17, 15) is 5.11 Å². The number of rotatable bonds is 5. The van der Waals surface area contributed by atoms with Crippen LogP contribution in [0.25, 0.3) is 0 Å². The van der Waals surface area contributed by atoms with Gasteiger partial charge in [-0.1, -0.05) is 17.7 Å². The molecule has 0 heterocycles. The minimum Gasteiger partial charge on any atom is -0.491 e. The first-order valence-electron chi connectivity index (χ1n) is 5.02. The number of thiocyanates is 1. The molecule has 3 nitrogen and oxygen atoms in total. The molecule has 0 radical (unpaired) electrons. The van der Waals surface area contributed by atoms with Gasteiger partial charge in [-0.3, -0.25) is 0 Å². The van der Waals surface area contributed by atoms with E-state index in [0.717, 1.165) is 23.1 Å². The molecule has 16 heavy (non-hydrogen) atoms. The molecule has 1 aromatic rings. The van der Waals surface area contributed by atoms with Gasteiger partial charge < -0.3 is 9.84 Å². The first-order chi connectivity index (χ1) is 7.63. The summed E-state index contributed by atoms with van der Waals surface area (Å²) >= 11 is 1.03. The number of aliphatic hydroxyl groups excluding tert-OH is 1. The molecule has 1 atom stereocenters. The lowest BCUT2D eigenvalue weighted by molar-refractivity contribution is 0.126. The van der Waals surface area contributed by atoms with Gasteiger partial charge >= 0.3 is 0 Å². The molecule has 1 N–H and O–H groups in total. The molecule has 0 fully saturated rings. The van der Waals surface area contributed by atoms with Gasteiger partial charge in [-0.05, 0) is 37.2 Å². The number of benzene rings is 1. The van der Waals surface area contributed by atoms with Gasteiger partial charge in [0.1, 0.15) is 17.8 Å². The smallest absolute Gasteiger partial charge is 0.133 e. The van der Waals surface area contributed by atoms with Crippen molar-refractivity contribution < 1.29 is 9.84 Å². The lowest BCUT2D eigenvalue weighted by atomic mass is 10.1. The summed E-state index contributed by atoms with van der Waals surface area (Å²) in [6, 6.07) is 5.90. The second-order valence-corrected chi connectivity index (χ2v) is 4.44. The summed E-state index contributed by atoms with van der Waals surface area (Å²) in [5.74, 6) is 1.16. The highest BCUT2D eigenvalue weighted by atomic mass is 32.2. The minimum atomic E-state index is -0.606. The molecule has 0 aliphatic carbocycles. The van der Waals surface area contributed by atoms with Crippen LogP contribution in [0.4, 0.5) is 0 Å². The first kappa shape index (κ1) is 12.9. The molecule has 0 spiro atoms. The monoisotopic (exact) mass is 237 g/mol. The average Bonchev–Trinajstić information content (AvgIpc) is 2.25. The fourth-order valence-electron chi connectivity index (χ4n) is 1.33. The van der Waals surface area contributed by atoms with Gasteiger partial charge in [0, 0.05) is 5.75 Å². The van der Waals surface area contributed by atoms with Crippen LogP contribution in [0.1, 0.15) is 11.1 Å². The van der Waals surface area contributed by atoms with Crippen molar-refractivity contribution in [3.8, 4) is 11.2 Å². The van der Waals surface area contributed by atoms with Crippen molar-refractivity contribution in [1.82, 2.24) is 0 Å². The third-order valence-corrected chi connectivity index (χ3v) is 2.78. The van der Waals surface area contributed by atoms with Crippen LogP contribution in [0.5, 0.6) is 5.75 Å². The Bertz CT molecular complexity index is 387. The van der Waals surface area contributed by atoms with E-state index in [0.29, 0.717) is 5.75 Å². The molecule has 4 heteroatoms. The number of aryl methyl sites for hydroxylation is 2. The number of aliphatic hydroxyl groups is 1. The van der Waals surface area contributed by atoms with Gasteiger partial charge in [-0.2, -0.15) is 5.26 Å². The summed E-state index contributed by atoms with van der Waals surface area (Å²) in [7, 11) is 0. The predicted molar refractivity (Wildman–Crippen MR) is 65.5 cm³/mol. The highest BCUT2D eigenvalue weighted by Gasteiger charge is 2.06. The van der Waals surface area contributed by atoms with E-state index in [1.165, 1.54) is 5.56 Å². The summed E-state index contributed by atoms with van der Waals surface area (Å²) in [5.41, 5.74) is 2.24. The third kappa shape index (κ3) is 4.13. The standard InChI is InChI=1S/C12H15NO2S/c1-9-3-4-12(10(2)5-9)15-6-11(14)7-16-8-13/h3-5,11,14H,6-7H2,1-2H3. The van der Waals surface area contributed by atoms with Gasteiger partial charge in [0.05, 0.1) is 6.10 Å². The van der Waals surface area contributed by atoms with Gasteiger partial charge in [0.15, 0.2) is 0 Å². The van der Waals surface area contributed by atoms with Gasteiger partial charge in [-0.25, -0.2) is 0 Å². The van der Waals surface area contributed by atoms with Crippen LogP contribution in [0, 0.1) is 24.5 Å². The first-order valence-corrected chi connectivity index (χ1v) is 6.01. The Hall–Kier alpha value is -1.18. The van der Waals surface area contributed by atoms with E-state index < -0.39 is 6.10 Å². The molecule has 1 unspecified atom stereocenters. The van der Waals surface area contributed by atoms with Gasteiger partial charge in [0.25, 0.3) is 0 Å². The lowest BCUT2D eigenvalue weighted by Crippen LogP contribution is -2.20. The zero-order valence-corrected chi connectivity index (χ0v) is 10.3. The maximum Gasteiger partial charge on any atom is 0.133 e. The highest BCUT2D eigenvalue weighted by Crippen LogP contribution is 2.19. The quantitative estimate of drug-likeness (QED) is 0.798. The zero-order valence-electron chi connectivity index (χ0n) is 9.43. The maximum absolute atomic E-state index is 9.49. The fraction of sp³-hybridized carbons (Fsp3) is 0.417. The summed E-state index contributed by atoms with van der Waals surface area (Å²) in [5, 5.41) is 19.7.